The molecule has 1 atom stereocenters. The lowest BCUT2D eigenvalue weighted by molar-refractivity contribution is -0.148. The van der Waals surface area contributed by atoms with Gasteiger partial charge in [0.05, 0.1) is 0 Å². The summed E-state index contributed by atoms with van der Waals surface area (Å²) in [6, 6.07) is 25.1. The van der Waals surface area contributed by atoms with E-state index < -0.39 is 18.0 Å². The van der Waals surface area contributed by atoms with Gasteiger partial charge < -0.3 is 19.9 Å². The highest BCUT2D eigenvalue weighted by Gasteiger charge is 2.34. The fraction of sp³-hybridized carbons (Fsp3) is 0.0833. The van der Waals surface area contributed by atoms with E-state index in [0.29, 0.717) is 17.2 Å². The lowest BCUT2D eigenvalue weighted by atomic mass is 10.00. The van der Waals surface area contributed by atoms with E-state index in [0.717, 1.165) is 5.56 Å². The number of para-hydroxylation sites is 1. The molecule has 3 aromatic rings. The number of benzene rings is 3. The second-order valence-electron chi connectivity index (χ2n) is 6.72. The van der Waals surface area contributed by atoms with E-state index in [2.05, 4.69) is 5.32 Å². The predicted molar refractivity (Wildman–Crippen MR) is 111 cm³/mol. The summed E-state index contributed by atoms with van der Waals surface area (Å²) in [5, 5.41) is 12.9. The summed E-state index contributed by atoms with van der Waals surface area (Å²) in [6.45, 7) is 0. The van der Waals surface area contributed by atoms with Crippen LogP contribution in [0.25, 0.3) is 0 Å². The van der Waals surface area contributed by atoms with Crippen molar-refractivity contribution in [1.29, 1.82) is 0 Å². The molecule has 1 amide bonds. The Bertz CT molecular complexity index is 1080. The van der Waals surface area contributed by atoms with Crippen molar-refractivity contribution >= 4 is 17.6 Å². The molecule has 4 rings (SSSR count). The molecule has 0 spiro atoms. The maximum absolute atomic E-state index is 12.5. The zero-order valence-electron chi connectivity index (χ0n) is 15.9. The number of esters is 1. The number of hydrogen-bond acceptors (Lipinski definition) is 5. The largest absolute Gasteiger partial charge is 0.511 e. The monoisotopic (exact) mass is 401 g/mol. The Balaban J connectivity index is 1.43. The number of aliphatic hydroxyl groups excluding tert-OH is 1. The van der Waals surface area contributed by atoms with Crippen molar-refractivity contribution < 1.29 is 24.2 Å². The van der Waals surface area contributed by atoms with Gasteiger partial charge in [-0.25, -0.2) is 4.79 Å². The maximum atomic E-state index is 12.5. The fourth-order valence-electron chi connectivity index (χ4n) is 3.13. The summed E-state index contributed by atoms with van der Waals surface area (Å²) in [5.74, 6) is -0.567. The Labute approximate surface area is 173 Å². The molecule has 0 fully saturated rings. The van der Waals surface area contributed by atoms with Crippen molar-refractivity contribution in [3.05, 3.63) is 102 Å². The van der Waals surface area contributed by atoms with Crippen LogP contribution in [0.3, 0.4) is 0 Å². The lowest BCUT2D eigenvalue weighted by Gasteiger charge is -2.24. The number of carbonyl (C=O) groups excluding carboxylic acids is 2. The van der Waals surface area contributed by atoms with Crippen LogP contribution in [0.2, 0.25) is 0 Å². The molecular formula is C24H19NO5. The van der Waals surface area contributed by atoms with Crippen LogP contribution in [-0.4, -0.2) is 17.0 Å². The van der Waals surface area contributed by atoms with Gasteiger partial charge in [0.2, 0.25) is 0 Å². The average Bonchev–Trinajstić information content (AvgIpc) is 2.76. The van der Waals surface area contributed by atoms with Crippen molar-refractivity contribution in [1.82, 2.24) is 0 Å². The standard InChI is InChI=1S/C24H19NO5/c26-20-15-21(16-7-3-1-4-8-16)30-24(28)22(20)23(27)25-17-11-13-19(14-12-17)29-18-9-5-2-6-10-18/h1-14,21,26H,15H2,(H,25,27). The van der Waals surface area contributed by atoms with Crippen molar-refractivity contribution in [2.24, 2.45) is 0 Å². The first kappa shape index (κ1) is 19.3. The maximum Gasteiger partial charge on any atom is 0.347 e. The number of rotatable bonds is 5. The van der Waals surface area contributed by atoms with Crippen LogP contribution in [0, 0.1) is 0 Å². The minimum atomic E-state index is -0.853. The zero-order valence-corrected chi connectivity index (χ0v) is 15.9. The highest BCUT2D eigenvalue weighted by atomic mass is 16.5. The number of carbonyl (C=O) groups is 2. The molecule has 0 saturated heterocycles. The molecule has 1 aliphatic heterocycles. The highest BCUT2D eigenvalue weighted by molar-refractivity contribution is 6.21. The van der Waals surface area contributed by atoms with Gasteiger partial charge in [-0.1, -0.05) is 48.5 Å². The summed E-state index contributed by atoms with van der Waals surface area (Å²) < 4.78 is 11.1. The molecule has 3 aromatic carbocycles. The van der Waals surface area contributed by atoms with Crippen molar-refractivity contribution in [3.8, 4) is 11.5 Å². The first-order chi connectivity index (χ1) is 14.6. The molecule has 0 aliphatic carbocycles. The molecule has 1 unspecified atom stereocenters. The summed E-state index contributed by atoms with van der Waals surface area (Å²) >= 11 is 0. The van der Waals surface area contributed by atoms with Gasteiger partial charge in [-0.2, -0.15) is 0 Å². The van der Waals surface area contributed by atoms with Gasteiger partial charge in [-0.3, -0.25) is 4.79 Å². The predicted octanol–water partition coefficient (Wildman–Crippen LogP) is 4.92. The average molecular weight is 401 g/mol. The van der Waals surface area contributed by atoms with Crippen LogP contribution < -0.4 is 10.1 Å². The molecule has 0 saturated carbocycles. The third-order valence-electron chi connectivity index (χ3n) is 4.61. The Morgan fingerprint density at radius 3 is 2.13 bits per heavy atom. The van der Waals surface area contributed by atoms with E-state index in [1.807, 2.05) is 48.5 Å². The van der Waals surface area contributed by atoms with E-state index in [1.165, 1.54) is 0 Å². The number of anilines is 1. The molecule has 0 aromatic heterocycles. The Morgan fingerprint density at radius 1 is 0.900 bits per heavy atom. The van der Waals surface area contributed by atoms with Gasteiger partial charge in [-0.15, -0.1) is 0 Å². The van der Waals surface area contributed by atoms with Crippen LogP contribution in [0.4, 0.5) is 5.69 Å². The number of cyclic esters (lactones) is 1. The second kappa shape index (κ2) is 8.53. The molecule has 1 heterocycles. The first-order valence-electron chi connectivity index (χ1n) is 9.42. The molecule has 1 aliphatic rings. The summed E-state index contributed by atoms with van der Waals surface area (Å²) in [6.07, 6.45) is -0.577. The number of hydrogen-bond donors (Lipinski definition) is 2. The van der Waals surface area contributed by atoms with Gasteiger partial charge >= 0.3 is 5.97 Å². The number of amides is 1. The second-order valence-corrected chi connectivity index (χ2v) is 6.72. The molecule has 30 heavy (non-hydrogen) atoms. The Hall–Kier alpha value is -4.06. The van der Waals surface area contributed by atoms with Crippen LogP contribution >= 0.6 is 0 Å². The molecule has 6 nitrogen and oxygen atoms in total. The van der Waals surface area contributed by atoms with Crippen LogP contribution in [0.5, 0.6) is 11.5 Å². The minimum absolute atomic E-state index is 0.0440. The van der Waals surface area contributed by atoms with Crippen molar-refractivity contribution in [2.75, 3.05) is 5.32 Å². The smallest absolute Gasteiger partial charge is 0.347 e. The number of ether oxygens (including phenoxy) is 2. The van der Waals surface area contributed by atoms with E-state index in [-0.39, 0.29) is 17.8 Å². The van der Waals surface area contributed by atoms with Crippen LogP contribution in [-0.2, 0) is 14.3 Å². The van der Waals surface area contributed by atoms with Gasteiger partial charge in [0.15, 0.2) is 5.57 Å². The van der Waals surface area contributed by atoms with Gasteiger partial charge in [0, 0.05) is 12.1 Å². The molecule has 150 valence electrons. The quantitative estimate of drug-likeness (QED) is 0.468. The number of aliphatic hydroxyl groups is 1. The van der Waals surface area contributed by atoms with Crippen molar-refractivity contribution in [2.45, 2.75) is 12.5 Å². The molecular weight excluding hydrogens is 382 g/mol. The molecule has 6 heteroatoms. The first-order valence-corrected chi connectivity index (χ1v) is 9.42. The van der Waals surface area contributed by atoms with Gasteiger partial charge in [-0.05, 0) is 42.0 Å². The van der Waals surface area contributed by atoms with E-state index in [9.17, 15) is 14.7 Å². The van der Waals surface area contributed by atoms with Crippen LogP contribution in [0.1, 0.15) is 18.1 Å². The SMILES string of the molecule is O=C(Nc1ccc(Oc2ccccc2)cc1)C1=C(O)CC(c2ccccc2)OC1=O. The summed E-state index contributed by atoms with van der Waals surface area (Å²) in [7, 11) is 0. The summed E-state index contributed by atoms with van der Waals surface area (Å²) in [5.41, 5.74) is 0.830. The highest BCUT2D eigenvalue weighted by Crippen LogP contribution is 2.32. The van der Waals surface area contributed by atoms with E-state index >= 15 is 0 Å². The van der Waals surface area contributed by atoms with E-state index in [4.69, 9.17) is 9.47 Å². The Kier molecular flexibility index (Phi) is 5.48. The lowest BCUT2D eigenvalue weighted by Crippen LogP contribution is -2.29. The minimum Gasteiger partial charge on any atom is -0.511 e. The fourth-order valence-corrected chi connectivity index (χ4v) is 3.13. The van der Waals surface area contributed by atoms with Gasteiger partial charge in [0.1, 0.15) is 23.4 Å². The molecule has 2 N–H and O–H groups in total. The third-order valence-corrected chi connectivity index (χ3v) is 4.61. The normalized spacial score (nSPS) is 16.0. The van der Waals surface area contributed by atoms with E-state index in [1.54, 1.807) is 36.4 Å². The van der Waals surface area contributed by atoms with Crippen molar-refractivity contribution in [3.63, 3.8) is 0 Å². The molecule has 0 bridgehead atoms. The van der Waals surface area contributed by atoms with Crippen LogP contribution in [0.15, 0.2) is 96.3 Å². The third kappa shape index (κ3) is 4.33. The zero-order chi connectivity index (χ0) is 20.9. The number of nitrogens with one attached hydrogen (secondary N) is 1. The van der Waals surface area contributed by atoms with Gasteiger partial charge in [0.25, 0.3) is 5.91 Å². The summed E-state index contributed by atoms with van der Waals surface area (Å²) in [4.78, 5) is 24.9. The topological polar surface area (TPSA) is 84.9 Å². The Morgan fingerprint density at radius 2 is 1.50 bits per heavy atom. The molecule has 0 radical (unpaired) electrons.